The smallest absolute Gasteiger partial charge is 0.291 e. The van der Waals surface area contributed by atoms with Crippen LogP contribution in [-0.2, 0) is 34.0 Å². The minimum absolute atomic E-state index is 0.0478. The van der Waals surface area contributed by atoms with Crippen LogP contribution in [0.4, 0.5) is 17.1 Å². The van der Waals surface area contributed by atoms with Crippen molar-refractivity contribution < 1.29 is 43.0 Å². The number of fused-ring (bicyclic) bond motifs is 6. The van der Waals surface area contributed by atoms with Crippen molar-refractivity contribution in [3.8, 4) is 17.2 Å². The zero-order valence-electron chi connectivity index (χ0n) is 49.5. The molecule has 9 heterocycles. The summed E-state index contributed by atoms with van der Waals surface area (Å²) in [5.41, 5.74) is 5.48. The summed E-state index contributed by atoms with van der Waals surface area (Å²) >= 11 is 0. The first-order chi connectivity index (χ1) is 43.8. The Balaban J connectivity index is 0.000000124. The van der Waals surface area contributed by atoms with Crippen LogP contribution in [0.25, 0.3) is 0 Å². The van der Waals surface area contributed by atoms with Gasteiger partial charge in [0.2, 0.25) is 17.5 Å². The number of nitrogens with one attached hydrogen (secondary N) is 3. The molecule has 456 valence electrons. The minimum Gasteiger partial charge on any atom is -0.489 e. The first-order valence-corrected chi connectivity index (χ1v) is 29.7. The highest BCUT2D eigenvalue weighted by molar-refractivity contribution is 6.04. The number of ether oxygens (including phenoxy) is 3. The molecule has 0 saturated heterocycles. The summed E-state index contributed by atoms with van der Waals surface area (Å²) in [5.74, 6) is 2.52. The number of aromatic nitrogens is 9. The largest absolute Gasteiger partial charge is 0.489 e. The standard InChI is InChI=1S/3C22H21N5O3/c3*1-26-17-9-5-6-10-18(17)30-13-16(22(26)29)23-21(28)19-24-20-15(11-12-27(20)25-19)14-7-3-2-4-8-14/h3*2-10,15-16H,11-13H2,1H3,(H,23,28)/t15?,16-;15-,16+;15-,16-/m010/s1. The Kier molecular flexibility index (Phi) is 16.1. The summed E-state index contributed by atoms with van der Waals surface area (Å²) in [6.07, 6.45) is 2.71. The monoisotopic (exact) mass is 1210 g/mol. The number of likely N-dealkylation sites (N-methyl/N-ethyl adjacent to an activating group) is 3. The van der Waals surface area contributed by atoms with Crippen molar-refractivity contribution in [1.82, 2.24) is 60.2 Å². The van der Waals surface area contributed by atoms with Gasteiger partial charge >= 0.3 is 0 Å². The van der Waals surface area contributed by atoms with E-state index in [9.17, 15) is 28.8 Å². The molecule has 0 saturated carbocycles. The quantitative estimate of drug-likeness (QED) is 0.152. The van der Waals surface area contributed by atoms with Crippen molar-refractivity contribution in [1.29, 1.82) is 0 Å². The lowest BCUT2D eigenvalue weighted by atomic mass is 9.97. The molecule has 0 radical (unpaired) electrons. The topological polar surface area (TPSA) is 268 Å². The maximum Gasteiger partial charge on any atom is 0.291 e. The van der Waals surface area contributed by atoms with Crippen molar-refractivity contribution in [3.63, 3.8) is 0 Å². The first kappa shape index (κ1) is 58.0. The van der Waals surface area contributed by atoms with E-state index in [1.807, 2.05) is 109 Å². The Morgan fingerprint density at radius 1 is 0.378 bits per heavy atom. The number of aryl methyl sites for hydroxylation is 3. The molecule has 24 heteroatoms. The number of rotatable bonds is 9. The predicted molar refractivity (Wildman–Crippen MR) is 329 cm³/mol. The van der Waals surface area contributed by atoms with Crippen LogP contribution < -0.4 is 44.9 Å². The molecule has 15 rings (SSSR count). The van der Waals surface area contributed by atoms with Crippen LogP contribution in [-0.4, -0.2) is 139 Å². The molecule has 0 fully saturated rings. The van der Waals surface area contributed by atoms with Crippen LogP contribution in [0.5, 0.6) is 17.2 Å². The first-order valence-electron chi connectivity index (χ1n) is 29.7. The van der Waals surface area contributed by atoms with Crippen LogP contribution in [0.15, 0.2) is 164 Å². The Labute approximate surface area is 516 Å². The highest BCUT2D eigenvalue weighted by atomic mass is 16.5. The Bertz CT molecular complexity index is 3750. The number of carbonyl (C=O) groups is 6. The van der Waals surface area contributed by atoms with Gasteiger partial charge in [0.25, 0.3) is 35.4 Å². The number of para-hydroxylation sites is 6. The molecule has 6 aromatic carbocycles. The normalized spacial score (nSPS) is 20.2. The van der Waals surface area contributed by atoms with Gasteiger partial charge in [-0.05, 0) is 72.4 Å². The number of carbonyl (C=O) groups excluding carboxylic acids is 6. The van der Waals surface area contributed by atoms with E-state index in [4.69, 9.17) is 14.2 Å². The number of amides is 6. The molecule has 6 atom stereocenters. The van der Waals surface area contributed by atoms with Crippen LogP contribution in [0.1, 0.15) is 103 Å². The van der Waals surface area contributed by atoms with E-state index in [0.29, 0.717) is 53.9 Å². The molecule has 6 amide bonds. The number of nitrogens with zero attached hydrogens (tertiary/aromatic N) is 12. The fourth-order valence-electron chi connectivity index (χ4n) is 12.1. The molecule has 6 aliphatic heterocycles. The average Bonchev–Trinajstić information content (AvgIpc) is 1.99. The SMILES string of the molecule is CN1C(=O)[C@@H](NC(=O)c2nc3n(n2)CCC3c2ccccc2)COc2ccccc21.CN1C(=O)[C@@H](NC(=O)c2nc3n(n2)CC[C@@H]3c2ccccc2)COc2ccccc21.CN1C(=O)[C@@H](NC(=O)c2nc3n(n2)CC[C@H]3c2ccccc2)COc2ccccc21. The molecule has 3 N–H and O–H groups in total. The van der Waals surface area contributed by atoms with Gasteiger partial charge in [0, 0.05) is 58.5 Å². The van der Waals surface area contributed by atoms with Crippen molar-refractivity contribution in [2.45, 2.75) is 74.8 Å². The van der Waals surface area contributed by atoms with Crippen LogP contribution in [0, 0.1) is 0 Å². The van der Waals surface area contributed by atoms with E-state index in [1.165, 1.54) is 14.7 Å². The molecular weight excluding hydrogens is 1150 g/mol. The van der Waals surface area contributed by atoms with Crippen molar-refractivity contribution in [3.05, 3.63) is 215 Å². The van der Waals surface area contributed by atoms with Crippen molar-refractivity contribution in [2.24, 2.45) is 0 Å². The van der Waals surface area contributed by atoms with Gasteiger partial charge in [-0.15, -0.1) is 15.3 Å². The molecule has 1 unspecified atom stereocenters. The lowest BCUT2D eigenvalue weighted by Crippen LogP contribution is -2.49. The Hall–Kier alpha value is -11.0. The number of hydrogen-bond donors (Lipinski definition) is 3. The highest BCUT2D eigenvalue weighted by Crippen LogP contribution is 2.37. The van der Waals surface area contributed by atoms with E-state index in [0.717, 1.165) is 53.4 Å². The minimum atomic E-state index is -0.821. The second kappa shape index (κ2) is 25.0. The third kappa shape index (κ3) is 11.6. The highest BCUT2D eigenvalue weighted by Gasteiger charge is 2.38. The fraction of sp³-hybridized carbons (Fsp3) is 0.273. The summed E-state index contributed by atoms with van der Waals surface area (Å²) in [6, 6.07) is 49.7. The maximum atomic E-state index is 12.8. The lowest BCUT2D eigenvalue weighted by Gasteiger charge is -2.19. The van der Waals surface area contributed by atoms with Gasteiger partial charge in [-0.25, -0.2) is 29.0 Å². The number of anilines is 3. The molecule has 0 bridgehead atoms. The van der Waals surface area contributed by atoms with E-state index in [2.05, 4.69) is 82.6 Å². The third-order valence-corrected chi connectivity index (χ3v) is 16.8. The summed E-state index contributed by atoms with van der Waals surface area (Å²) in [7, 11) is 5.01. The molecular formula is C66H63N15O9. The van der Waals surface area contributed by atoms with E-state index in [-0.39, 0.29) is 72.8 Å². The van der Waals surface area contributed by atoms with Crippen LogP contribution >= 0.6 is 0 Å². The fourth-order valence-corrected chi connectivity index (χ4v) is 12.1. The van der Waals surface area contributed by atoms with E-state index < -0.39 is 35.8 Å². The molecule has 9 aromatic rings. The maximum absolute atomic E-state index is 12.8. The summed E-state index contributed by atoms with van der Waals surface area (Å²) in [6.45, 7) is 2.26. The Morgan fingerprint density at radius 3 is 0.911 bits per heavy atom. The second-order valence-corrected chi connectivity index (χ2v) is 22.4. The zero-order valence-corrected chi connectivity index (χ0v) is 49.5. The second-order valence-electron chi connectivity index (χ2n) is 22.4. The van der Waals surface area contributed by atoms with Crippen molar-refractivity contribution >= 4 is 52.5 Å². The van der Waals surface area contributed by atoms with Gasteiger partial charge in [0.05, 0.1) is 17.1 Å². The molecule has 0 spiro atoms. The predicted octanol–water partition coefficient (Wildman–Crippen LogP) is 5.90. The average molecular weight is 1210 g/mol. The van der Waals surface area contributed by atoms with E-state index in [1.54, 1.807) is 53.4 Å². The summed E-state index contributed by atoms with van der Waals surface area (Å²) in [4.78, 5) is 95.0. The van der Waals surface area contributed by atoms with Gasteiger partial charge in [-0.3, -0.25) is 28.8 Å². The molecule has 24 nitrogen and oxygen atoms in total. The van der Waals surface area contributed by atoms with Gasteiger partial charge in [-0.1, -0.05) is 127 Å². The Morgan fingerprint density at radius 2 is 0.633 bits per heavy atom. The van der Waals surface area contributed by atoms with Gasteiger partial charge in [0.1, 0.15) is 72.7 Å². The summed E-state index contributed by atoms with van der Waals surface area (Å²) in [5, 5.41) is 21.3. The van der Waals surface area contributed by atoms with Crippen LogP contribution in [0.2, 0.25) is 0 Å². The lowest BCUT2D eigenvalue weighted by molar-refractivity contribution is -0.121. The molecule has 3 aromatic heterocycles. The molecule has 0 aliphatic carbocycles. The number of benzene rings is 6. The molecule has 90 heavy (non-hydrogen) atoms. The van der Waals surface area contributed by atoms with Crippen molar-refractivity contribution in [2.75, 3.05) is 55.7 Å². The summed E-state index contributed by atoms with van der Waals surface area (Å²) < 4.78 is 22.6. The van der Waals surface area contributed by atoms with Crippen LogP contribution in [0.3, 0.4) is 0 Å². The zero-order chi connectivity index (χ0) is 62.0. The van der Waals surface area contributed by atoms with Gasteiger partial charge in [0.15, 0.2) is 0 Å². The third-order valence-electron chi connectivity index (χ3n) is 16.8. The van der Waals surface area contributed by atoms with E-state index >= 15 is 0 Å². The molecule has 6 aliphatic rings. The van der Waals surface area contributed by atoms with Gasteiger partial charge in [-0.2, -0.15) is 0 Å². The van der Waals surface area contributed by atoms with Gasteiger partial charge < -0.3 is 44.9 Å². The number of hydrogen-bond acceptors (Lipinski definition) is 15.